The van der Waals surface area contributed by atoms with E-state index in [-0.39, 0.29) is 12.0 Å². The van der Waals surface area contributed by atoms with Gasteiger partial charge >= 0.3 is 5.97 Å². The van der Waals surface area contributed by atoms with Crippen LogP contribution in [0.3, 0.4) is 0 Å². The Labute approximate surface area is 106 Å². The van der Waals surface area contributed by atoms with Gasteiger partial charge in [0.25, 0.3) is 0 Å². The summed E-state index contributed by atoms with van der Waals surface area (Å²) in [5.74, 6) is -0.209. The van der Waals surface area contributed by atoms with E-state index >= 15 is 0 Å². The molecule has 2 rings (SSSR count). The van der Waals surface area contributed by atoms with Crippen LogP contribution < -0.4 is 5.32 Å². The molecule has 1 atom stereocenters. The number of nitrogens with one attached hydrogen (secondary N) is 2. The first-order valence-electron chi connectivity index (χ1n) is 6.17. The molecule has 4 nitrogen and oxygen atoms in total. The Morgan fingerprint density at radius 3 is 3.06 bits per heavy atom. The van der Waals surface area contributed by atoms with E-state index < -0.39 is 0 Å². The second-order valence-corrected chi connectivity index (χ2v) is 4.21. The molecule has 4 heteroatoms. The molecule has 2 N–H and O–H groups in total. The Morgan fingerprint density at radius 1 is 1.44 bits per heavy atom. The zero-order chi connectivity index (χ0) is 13.0. The number of hydrogen-bond acceptors (Lipinski definition) is 3. The third-order valence-corrected chi connectivity index (χ3v) is 2.92. The van der Waals surface area contributed by atoms with Crippen molar-refractivity contribution in [3.63, 3.8) is 0 Å². The van der Waals surface area contributed by atoms with Gasteiger partial charge in [0.2, 0.25) is 0 Å². The molecule has 0 aliphatic heterocycles. The molecule has 0 aliphatic carbocycles. The van der Waals surface area contributed by atoms with Crippen molar-refractivity contribution in [1.29, 1.82) is 0 Å². The van der Waals surface area contributed by atoms with Gasteiger partial charge in [0, 0.05) is 23.6 Å². The van der Waals surface area contributed by atoms with E-state index in [1.165, 1.54) is 10.9 Å². The average molecular weight is 246 g/mol. The van der Waals surface area contributed by atoms with Crippen LogP contribution in [0.5, 0.6) is 0 Å². The van der Waals surface area contributed by atoms with Crippen LogP contribution in [-0.4, -0.2) is 23.6 Å². The number of aromatic amines is 1. The number of ether oxygens (including phenoxy) is 1. The molecule has 1 heterocycles. The molecule has 0 amide bonds. The van der Waals surface area contributed by atoms with Gasteiger partial charge in [-0.25, -0.2) is 0 Å². The van der Waals surface area contributed by atoms with Crippen LogP contribution in [0.1, 0.15) is 19.4 Å². The summed E-state index contributed by atoms with van der Waals surface area (Å²) < 4.78 is 4.96. The highest BCUT2D eigenvalue weighted by atomic mass is 16.5. The third-order valence-electron chi connectivity index (χ3n) is 2.92. The van der Waals surface area contributed by atoms with Crippen molar-refractivity contribution in [2.75, 3.05) is 6.61 Å². The van der Waals surface area contributed by atoms with E-state index in [1.54, 1.807) is 0 Å². The SMILES string of the molecule is CCOC(=O)C(C)NCc1cccc2[nH]ccc12. The number of H-pyrrole nitrogens is 1. The Kier molecular flexibility index (Phi) is 3.99. The van der Waals surface area contributed by atoms with Gasteiger partial charge in [-0.2, -0.15) is 0 Å². The lowest BCUT2D eigenvalue weighted by Gasteiger charge is -2.13. The average Bonchev–Trinajstić information content (AvgIpc) is 2.84. The van der Waals surface area contributed by atoms with Gasteiger partial charge in [-0.15, -0.1) is 0 Å². The van der Waals surface area contributed by atoms with E-state index in [2.05, 4.69) is 16.4 Å². The van der Waals surface area contributed by atoms with Crippen LogP contribution in [0, 0.1) is 0 Å². The third kappa shape index (κ3) is 2.71. The predicted octanol–water partition coefficient (Wildman–Crippen LogP) is 2.21. The first kappa shape index (κ1) is 12.6. The molecule has 1 aromatic heterocycles. The van der Waals surface area contributed by atoms with Gasteiger partial charge in [0.05, 0.1) is 6.61 Å². The van der Waals surface area contributed by atoms with Gasteiger partial charge in [-0.3, -0.25) is 4.79 Å². The highest BCUT2D eigenvalue weighted by molar-refractivity contribution is 5.83. The minimum Gasteiger partial charge on any atom is -0.465 e. The van der Waals surface area contributed by atoms with E-state index in [4.69, 9.17) is 4.74 Å². The van der Waals surface area contributed by atoms with E-state index in [9.17, 15) is 4.79 Å². The maximum atomic E-state index is 11.5. The van der Waals surface area contributed by atoms with Gasteiger partial charge in [0.15, 0.2) is 0 Å². The lowest BCUT2D eigenvalue weighted by atomic mass is 10.1. The number of carbonyl (C=O) groups is 1. The smallest absolute Gasteiger partial charge is 0.322 e. The molecule has 0 saturated carbocycles. The summed E-state index contributed by atoms with van der Waals surface area (Å²) in [5.41, 5.74) is 2.28. The second kappa shape index (κ2) is 5.69. The van der Waals surface area contributed by atoms with E-state index in [0.29, 0.717) is 13.2 Å². The molecule has 0 fully saturated rings. The highest BCUT2D eigenvalue weighted by Crippen LogP contribution is 2.17. The second-order valence-electron chi connectivity index (χ2n) is 4.21. The standard InChI is InChI=1S/C14H18N2O2/c1-3-18-14(17)10(2)16-9-11-5-4-6-13-12(11)7-8-15-13/h4-8,10,15-16H,3,9H2,1-2H3. The van der Waals surface area contributed by atoms with Crippen LogP contribution in [0.25, 0.3) is 10.9 Å². The summed E-state index contributed by atoms with van der Waals surface area (Å²) in [7, 11) is 0. The summed E-state index contributed by atoms with van der Waals surface area (Å²) in [4.78, 5) is 14.7. The van der Waals surface area contributed by atoms with Crippen LogP contribution in [0.4, 0.5) is 0 Å². The molecular weight excluding hydrogens is 228 g/mol. The normalized spacial score (nSPS) is 12.6. The summed E-state index contributed by atoms with van der Waals surface area (Å²) in [6.45, 7) is 4.69. The minimum atomic E-state index is -0.292. The van der Waals surface area contributed by atoms with Crippen LogP contribution in [0.15, 0.2) is 30.5 Å². The highest BCUT2D eigenvalue weighted by Gasteiger charge is 2.13. The van der Waals surface area contributed by atoms with Crippen molar-refractivity contribution in [3.8, 4) is 0 Å². The summed E-state index contributed by atoms with van der Waals surface area (Å²) >= 11 is 0. The summed E-state index contributed by atoms with van der Waals surface area (Å²) in [5, 5.41) is 4.36. The van der Waals surface area contributed by atoms with Gasteiger partial charge in [-0.05, 0) is 31.5 Å². The molecule has 0 aliphatic rings. The van der Waals surface area contributed by atoms with Crippen LogP contribution in [-0.2, 0) is 16.1 Å². The van der Waals surface area contributed by atoms with Crippen LogP contribution in [0.2, 0.25) is 0 Å². The molecule has 0 saturated heterocycles. The van der Waals surface area contributed by atoms with Gasteiger partial charge < -0.3 is 15.0 Å². The molecule has 0 radical (unpaired) electrons. The monoisotopic (exact) mass is 246 g/mol. The van der Waals surface area contributed by atoms with E-state index in [0.717, 1.165) is 5.52 Å². The predicted molar refractivity (Wildman–Crippen MR) is 71.2 cm³/mol. The first-order valence-corrected chi connectivity index (χ1v) is 6.17. The fraction of sp³-hybridized carbons (Fsp3) is 0.357. The number of carbonyl (C=O) groups excluding carboxylic acids is 1. The van der Waals surface area contributed by atoms with Crippen LogP contribution >= 0.6 is 0 Å². The zero-order valence-corrected chi connectivity index (χ0v) is 10.7. The Bertz CT molecular complexity index is 533. The van der Waals surface area contributed by atoms with Crippen molar-refractivity contribution in [2.45, 2.75) is 26.4 Å². The largest absolute Gasteiger partial charge is 0.465 e. The number of hydrogen-bond donors (Lipinski definition) is 2. The number of benzene rings is 1. The van der Waals surface area contributed by atoms with E-state index in [1.807, 2.05) is 38.2 Å². The van der Waals surface area contributed by atoms with Gasteiger partial charge in [-0.1, -0.05) is 12.1 Å². The molecule has 18 heavy (non-hydrogen) atoms. The van der Waals surface area contributed by atoms with Crippen molar-refractivity contribution < 1.29 is 9.53 Å². The molecular formula is C14H18N2O2. The maximum absolute atomic E-state index is 11.5. The molecule has 0 spiro atoms. The molecule has 1 unspecified atom stereocenters. The number of esters is 1. The number of fused-ring (bicyclic) bond motifs is 1. The Hall–Kier alpha value is -1.81. The first-order chi connectivity index (χ1) is 8.72. The lowest BCUT2D eigenvalue weighted by molar-refractivity contribution is -0.145. The number of rotatable bonds is 5. The summed E-state index contributed by atoms with van der Waals surface area (Å²) in [6.07, 6.45) is 1.92. The topological polar surface area (TPSA) is 54.1 Å². The fourth-order valence-corrected chi connectivity index (χ4v) is 1.92. The Morgan fingerprint density at radius 2 is 2.28 bits per heavy atom. The maximum Gasteiger partial charge on any atom is 0.322 e. The lowest BCUT2D eigenvalue weighted by Crippen LogP contribution is -2.34. The Balaban J connectivity index is 2.02. The number of aromatic nitrogens is 1. The van der Waals surface area contributed by atoms with Crippen molar-refractivity contribution in [1.82, 2.24) is 10.3 Å². The fourth-order valence-electron chi connectivity index (χ4n) is 1.92. The summed E-state index contributed by atoms with van der Waals surface area (Å²) in [6, 6.07) is 7.85. The van der Waals surface area contributed by atoms with Crippen molar-refractivity contribution in [2.24, 2.45) is 0 Å². The minimum absolute atomic E-state index is 0.209. The molecule has 2 aromatic rings. The van der Waals surface area contributed by atoms with Crippen molar-refractivity contribution in [3.05, 3.63) is 36.0 Å². The quantitative estimate of drug-likeness (QED) is 0.795. The zero-order valence-electron chi connectivity index (χ0n) is 10.7. The molecule has 0 bridgehead atoms. The van der Waals surface area contributed by atoms with Crippen molar-refractivity contribution >= 4 is 16.9 Å². The molecule has 96 valence electrons. The van der Waals surface area contributed by atoms with Gasteiger partial charge in [0.1, 0.15) is 6.04 Å². The molecule has 1 aromatic carbocycles.